The Labute approximate surface area is 185 Å². The van der Waals surface area contributed by atoms with E-state index in [0.717, 1.165) is 12.1 Å². The number of likely N-dealkylation sites (tertiary alicyclic amines) is 1. The van der Waals surface area contributed by atoms with Gasteiger partial charge in [-0.15, -0.1) is 0 Å². The third-order valence-electron chi connectivity index (χ3n) is 5.83. The van der Waals surface area contributed by atoms with Gasteiger partial charge in [-0.3, -0.25) is 9.59 Å². The van der Waals surface area contributed by atoms with E-state index in [9.17, 15) is 14.4 Å². The van der Waals surface area contributed by atoms with Crippen LogP contribution in [0.15, 0.2) is 41.2 Å². The number of hydrogen-bond acceptors (Lipinski definition) is 4. The summed E-state index contributed by atoms with van der Waals surface area (Å²) >= 11 is 5.86. The van der Waals surface area contributed by atoms with E-state index in [2.05, 4.69) is 10.6 Å². The summed E-state index contributed by atoms with van der Waals surface area (Å²) < 4.78 is 6.76. The number of aromatic nitrogens is 1. The van der Waals surface area contributed by atoms with E-state index in [4.69, 9.17) is 16.3 Å². The molecule has 0 aliphatic carbocycles. The van der Waals surface area contributed by atoms with Crippen LogP contribution >= 0.6 is 11.6 Å². The van der Waals surface area contributed by atoms with Gasteiger partial charge in [-0.2, -0.15) is 0 Å². The van der Waals surface area contributed by atoms with Crippen LogP contribution < -0.4 is 16.2 Å². The maximum Gasteiger partial charge on any atom is 0.323 e. The van der Waals surface area contributed by atoms with E-state index in [-0.39, 0.29) is 29.0 Å². The van der Waals surface area contributed by atoms with Crippen LogP contribution in [0.25, 0.3) is 0 Å². The van der Waals surface area contributed by atoms with Crippen LogP contribution in [0.5, 0.6) is 0 Å². The number of urea groups is 1. The van der Waals surface area contributed by atoms with Gasteiger partial charge in [0, 0.05) is 49.1 Å². The number of nitrogens with one attached hydrogen (secondary N) is 2. The van der Waals surface area contributed by atoms with Gasteiger partial charge in [-0.05, 0) is 48.7 Å². The highest BCUT2D eigenvalue weighted by Gasteiger charge is 2.36. The lowest BCUT2D eigenvalue weighted by Gasteiger charge is -2.43. The summed E-state index contributed by atoms with van der Waals surface area (Å²) in [5.41, 5.74) is 1.49. The molecule has 0 saturated carbocycles. The summed E-state index contributed by atoms with van der Waals surface area (Å²) in [6.07, 6.45) is 1.33. The fourth-order valence-corrected chi connectivity index (χ4v) is 4.54. The number of nitrogens with zero attached hydrogens (tertiary/aromatic N) is 2. The summed E-state index contributed by atoms with van der Waals surface area (Å²) in [7, 11) is 1.59. The maximum absolute atomic E-state index is 13.0. The van der Waals surface area contributed by atoms with E-state index in [0.29, 0.717) is 43.4 Å². The summed E-state index contributed by atoms with van der Waals surface area (Å²) in [4.78, 5) is 39.7. The predicted octanol–water partition coefficient (Wildman–Crippen LogP) is 3.13. The maximum atomic E-state index is 13.0. The van der Waals surface area contributed by atoms with Gasteiger partial charge in [0.25, 0.3) is 5.56 Å². The quantitative estimate of drug-likeness (QED) is 0.741. The molecule has 3 amide bonds. The van der Waals surface area contributed by atoms with Gasteiger partial charge in [0.2, 0.25) is 5.91 Å². The van der Waals surface area contributed by atoms with Crippen molar-refractivity contribution < 1.29 is 14.3 Å². The first-order chi connectivity index (χ1) is 14.9. The number of carbonyl (C=O) groups is 2. The zero-order chi connectivity index (χ0) is 22.0. The molecule has 2 unspecified atom stereocenters. The average Bonchev–Trinajstić information content (AvgIpc) is 2.76. The highest BCUT2D eigenvalue weighted by Crippen LogP contribution is 2.35. The van der Waals surface area contributed by atoms with Gasteiger partial charge in [0.05, 0.1) is 13.0 Å². The minimum absolute atomic E-state index is 0.0875. The first-order valence-corrected chi connectivity index (χ1v) is 10.7. The van der Waals surface area contributed by atoms with Crippen LogP contribution in [0.4, 0.5) is 16.2 Å². The molecule has 3 heterocycles. The third-order valence-corrected chi connectivity index (χ3v) is 6.08. The van der Waals surface area contributed by atoms with Crippen LogP contribution in [0, 0.1) is 5.92 Å². The molecule has 4 rings (SSSR count). The van der Waals surface area contributed by atoms with Gasteiger partial charge in [0.15, 0.2) is 0 Å². The molecule has 2 atom stereocenters. The summed E-state index contributed by atoms with van der Waals surface area (Å²) in [6.45, 7) is 2.18. The van der Waals surface area contributed by atoms with E-state index in [1.807, 2.05) is 11.0 Å². The molecule has 2 aromatic rings. The number of piperidine rings is 1. The topological polar surface area (TPSA) is 92.7 Å². The Bertz CT molecular complexity index is 1040. The number of amides is 3. The minimum atomic E-state index is -0.495. The number of hydrogen-bond donors (Lipinski definition) is 2. The standard InChI is InChI=1S/C22H25ClN4O4/c1-31-9-8-20(28)26-11-14-10-15(13-26)19-7-6-18(21(29)27(19)12-14)25-22(30)24-17-4-2-16(23)3-5-17/h2-7,14-15H,8-13H2,1H3,(H2,24,25,30). The Hall–Kier alpha value is -2.84. The molecule has 0 spiro atoms. The van der Waals surface area contributed by atoms with E-state index in [1.54, 1.807) is 42.0 Å². The van der Waals surface area contributed by atoms with E-state index < -0.39 is 6.03 Å². The fourth-order valence-electron chi connectivity index (χ4n) is 4.41. The number of rotatable bonds is 5. The molecule has 2 bridgehead atoms. The normalized spacial score (nSPS) is 19.5. The van der Waals surface area contributed by atoms with Crippen molar-refractivity contribution in [2.24, 2.45) is 5.92 Å². The number of fused-ring (bicyclic) bond motifs is 4. The van der Waals surface area contributed by atoms with Crippen LogP contribution in [0.2, 0.25) is 5.02 Å². The Kier molecular flexibility index (Phi) is 6.29. The molecule has 0 radical (unpaired) electrons. The molecule has 1 aromatic heterocycles. The lowest BCUT2D eigenvalue weighted by Crippen LogP contribution is -2.49. The van der Waals surface area contributed by atoms with E-state index >= 15 is 0 Å². The minimum Gasteiger partial charge on any atom is -0.384 e. The molecule has 31 heavy (non-hydrogen) atoms. The van der Waals surface area contributed by atoms with Gasteiger partial charge in [-0.25, -0.2) is 4.79 Å². The number of methoxy groups -OCH3 is 1. The van der Waals surface area contributed by atoms with Crippen molar-refractivity contribution in [3.63, 3.8) is 0 Å². The number of benzene rings is 1. The molecule has 1 saturated heterocycles. The Morgan fingerprint density at radius 2 is 1.87 bits per heavy atom. The molecule has 9 heteroatoms. The molecule has 2 N–H and O–H groups in total. The van der Waals surface area contributed by atoms with Crippen LogP contribution in [0.3, 0.4) is 0 Å². The van der Waals surface area contributed by atoms with Crippen molar-refractivity contribution in [3.05, 3.63) is 57.5 Å². The van der Waals surface area contributed by atoms with Gasteiger partial charge in [0.1, 0.15) is 5.69 Å². The SMILES string of the molecule is COCCC(=O)N1CC2CC(C1)c1ccc(NC(=O)Nc3ccc(Cl)cc3)c(=O)n1C2. The Morgan fingerprint density at radius 3 is 2.61 bits per heavy atom. The summed E-state index contributed by atoms with van der Waals surface area (Å²) in [6, 6.07) is 9.74. The fraction of sp³-hybridized carbons (Fsp3) is 0.409. The molecule has 164 valence electrons. The monoisotopic (exact) mass is 444 g/mol. The van der Waals surface area contributed by atoms with Gasteiger partial charge >= 0.3 is 6.03 Å². The number of halogens is 1. The second-order valence-corrected chi connectivity index (χ2v) is 8.45. The van der Waals surface area contributed by atoms with Gasteiger partial charge < -0.3 is 24.8 Å². The van der Waals surface area contributed by atoms with Crippen molar-refractivity contribution in [2.75, 3.05) is 37.4 Å². The number of anilines is 2. The summed E-state index contributed by atoms with van der Waals surface area (Å²) in [5.74, 6) is 0.418. The van der Waals surface area contributed by atoms with Crippen molar-refractivity contribution >= 4 is 34.9 Å². The predicted molar refractivity (Wildman–Crippen MR) is 119 cm³/mol. The molecule has 1 fully saturated rings. The van der Waals surface area contributed by atoms with Crippen LogP contribution in [-0.2, 0) is 16.1 Å². The highest BCUT2D eigenvalue weighted by molar-refractivity contribution is 6.30. The Balaban J connectivity index is 1.47. The van der Waals surface area contributed by atoms with Crippen molar-refractivity contribution in [2.45, 2.75) is 25.3 Å². The molecule has 1 aromatic carbocycles. The summed E-state index contributed by atoms with van der Waals surface area (Å²) in [5, 5.41) is 5.91. The number of carbonyl (C=O) groups excluding carboxylic acids is 2. The van der Waals surface area contributed by atoms with Crippen LogP contribution in [0.1, 0.15) is 24.5 Å². The molecule has 2 aliphatic heterocycles. The first kappa shape index (κ1) is 21.4. The van der Waals surface area contributed by atoms with E-state index in [1.165, 1.54) is 0 Å². The average molecular weight is 445 g/mol. The molecular formula is C22H25ClN4O4. The van der Waals surface area contributed by atoms with Crippen molar-refractivity contribution in [1.82, 2.24) is 9.47 Å². The van der Waals surface area contributed by atoms with Crippen molar-refractivity contribution in [3.8, 4) is 0 Å². The zero-order valence-corrected chi connectivity index (χ0v) is 18.0. The molecule has 2 aliphatic rings. The Morgan fingerprint density at radius 1 is 1.10 bits per heavy atom. The second-order valence-electron chi connectivity index (χ2n) is 8.01. The third kappa shape index (κ3) is 4.75. The lowest BCUT2D eigenvalue weighted by atomic mass is 9.83. The van der Waals surface area contributed by atoms with Crippen LogP contribution in [-0.4, -0.2) is 48.2 Å². The first-order valence-electron chi connectivity index (χ1n) is 10.3. The zero-order valence-electron chi connectivity index (χ0n) is 17.3. The molecule has 8 nitrogen and oxygen atoms in total. The molecular weight excluding hydrogens is 420 g/mol. The lowest BCUT2D eigenvalue weighted by molar-refractivity contribution is -0.134. The second kappa shape index (κ2) is 9.11. The smallest absolute Gasteiger partial charge is 0.323 e. The number of pyridine rings is 1. The van der Waals surface area contributed by atoms with Gasteiger partial charge in [-0.1, -0.05) is 11.6 Å². The highest BCUT2D eigenvalue weighted by atomic mass is 35.5. The van der Waals surface area contributed by atoms with Crippen molar-refractivity contribution in [1.29, 1.82) is 0 Å². The largest absolute Gasteiger partial charge is 0.384 e. The number of ether oxygens (including phenoxy) is 1.